The number of anilines is 1. The summed E-state index contributed by atoms with van der Waals surface area (Å²) in [7, 11) is 1.83. The van der Waals surface area contributed by atoms with E-state index < -0.39 is 0 Å². The van der Waals surface area contributed by atoms with E-state index in [1.165, 1.54) is 0 Å². The van der Waals surface area contributed by atoms with Gasteiger partial charge in [0.05, 0.1) is 29.9 Å². The summed E-state index contributed by atoms with van der Waals surface area (Å²) < 4.78 is 5.85. The molecule has 1 aliphatic heterocycles. The normalized spacial score (nSPS) is 17.5. The molecule has 134 valence electrons. The second-order valence-electron chi connectivity index (χ2n) is 6.36. The summed E-state index contributed by atoms with van der Waals surface area (Å²) >= 11 is 0. The van der Waals surface area contributed by atoms with Gasteiger partial charge in [-0.1, -0.05) is 6.07 Å². The van der Waals surface area contributed by atoms with Crippen LogP contribution in [0.2, 0.25) is 0 Å². The lowest BCUT2D eigenvalue weighted by Crippen LogP contribution is -2.42. The number of fused-ring (bicyclic) bond motifs is 1. The van der Waals surface area contributed by atoms with E-state index in [1.807, 2.05) is 55.3 Å². The number of imidazole rings is 1. The molecule has 7 nitrogen and oxygen atoms in total. The minimum atomic E-state index is -0.223. The third kappa shape index (κ3) is 3.13. The molecule has 0 unspecified atom stereocenters. The maximum absolute atomic E-state index is 13.0. The average molecular weight is 351 g/mol. The van der Waals surface area contributed by atoms with E-state index >= 15 is 0 Å². The van der Waals surface area contributed by atoms with Crippen LogP contribution in [0.3, 0.4) is 0 Å². The van der Waals surface area contributed by atoms with Crippen LogP contribution in [0.25, 0.3) is 11.0 Å². The standard InChI is InChI=1S/C19H21N5O2/c1-12-21-14-7-6-13(10-16(14)22-12)19(25)24-8-9-26-17(11-24)15-4-3-5-18(20-2)23-15/h3-7,10,17H,8-9,11H2,1-2H3,(H,20,23)(H,21,22)/t17-/m1/s1. The summed E-state index contributed by atoms with van der Waals surface area (Å²) in [6.07, 6.45) is -0.223. The molecule has 7 heteroatoms. The Balaban J connectivity index is 1.55. The van der Waals surface area contributed by atoms with Gasteiger partial charge in [-0.05, 0) is 37.3 Å². The topological polar surface area (TPSA) is 83.1 Å². The average Bonchev–Trinajstić information content (AvgIpc) is 3.06. The van der Waals surface area contributed by atoms with Gasteiger partial charge in [0.25, 0.3) is 5.91 Å². The van der Waals surface area contributed by atoms with E-state index in [4.69, 9.17) is 4.74 Å². The minimum absolute atomic E-state index is 0.00257. The van der Waals surface area contributed by atoms with Crippen molar-refractivity contribution in [1.29, 1.82) is 0 Å². The Hall–Kier alpha value is -2.93. The molecule has 2 aromatic heterocycles. The largest absolute Gasteiger partial charge is 0.373 e. The highest BCUT2D eigenvalue weighted by Crippen LogP contribution is 2.23. The van der Waals surface area contributed by atoms with Gasteiger partial charge in [0, 0.05) is 19.2 Å². The maximum atomic E-state index is 13.0. The molecule has 1 amide bonds. The highest BCUT2D eigenvalue weighted by molar-refractivity contribution is 5.97. The third-order valence-corrected chi connectivity index (χ3v) is 4.56. The Bertz CT molecular complexity index is 952. The zero-order valence-corrected chi connectivity index (χ0v) is 14.8. The van der Waals surface area contributed by atoms with Crippen LogP contribution in [-0.4, -0.2) is 52.5 Å². The number of hydrogen-bond acceptors (Lipinski definition) is 5. The molecule has 0 spiro atoms. The molecule has 1 aliphatic rings. The number of hydrogen-bond donors (Lipinski definition) is 2. The van der Waals surface area contributed by atoms with Crippen molar-refractivity contribution in [1.82, 2.24) is 19.9 Å². The van der Waals surface area contributed by atoms with Gasteiger partial charge >= 0.3 is 0 Å². The lowest BCUT2D eigenvalue weighted by molar-refractivity contribution is -0.0246. The SMILES string of the molecule is CNc1cccc([C@H]2CN(C(=O)c3ccc4nc(C)[nH]c4c3)CCO2)n1. The fourth-order valence-corrected chi connectivity index (χ4v) is 3.24. The van der Waals surface area contributed by atoms with Gasteiger partial charge in [-0.15, -0.1) is 0 Å². The van der Waals surface area contributed by atoms with Crippen molar-refractivity contribution in [2.45, 2.75) is 13.0 Å². The van der Waals surface area contributed by atoms with Gasteiger partial charge in [0.1, 0.15) is 17.7 Å². The fourth-order valence-electron chi connectivity index (χ4n) is 3.24. The minimum Gasteiger partial charge on any atom is -0.373 e. The molecular weight excluding hydrogens is 330 g/mol. The Kier molecular flexibility index (Phi) is 4.30. The first-order valence-electron chi connectivity index (χ1n) is 8.66. The second-order valence-corrected chi connectivity index (χ2v) is 6.36. The summed E-state index contributed by atoms with van der Waals surface area (Å²) in [4.78, 5) is 26.9. The molecule has 0 saturated carbocycles. The number of benzene rings is 1. The van der Waals surface area contributed by atoms with Crippen molar-refractivity contribution in [3.8, 4) is 0 Å². The highest BCUT2D eigenvalue weighted by atomic mass is 16.5. The predicted molar refractivity (Wildman–Crippen MR) is 99.2 cm³/mol. The molecular formula is C19H21N5O2. The number of nitrogens with one attached hydrogen (secondary N) is 2. The number of ether oxygens (including phenoxy) is 1. The van der Waals surface area contributed by atoms with Gasteiger partial charge in [-0.2, -0.15) is 0 Å². The van der Waals surface area contributed by atoms with Gasteiger partial charge in [0.2, 0.25) is 0 Å². The summed E-state index contributed by atoms with van der Waals surface area (Å²) in [5.74, 6) is 1.62. The predicted octanol–water partition coefficient (Wildman–Crippen LogP) is 2.52. The Morgan fingerprint density at radius 2 is 2.19 bits per heavy atom. The maximum Gasteiger partial charge on any atom is 0.254 e. The second kappa shape index (κ2) is 6.76. The number of nitrogens with zero attached hydrogens (tertiary/aromatic N) is 3. The van der Waals surface area contributed by atoms with Crippen LogP contribution in [0.5, 0.6) is 0 Å². The zero-order valence-electron chi connectivity index (χ0n) is 14.8. The summed E-state index contributed by atoms with van der Waals surface area (Å²) in [6.45, 7) is 3.45. The number of aromatic nitrogens is 3. The molecule has 0 aliphatic carbocycles. The highest BCUT2D eigenvalue weighted by Gasteiger charge is 2.27. The van der Waals surface area contributed by atoms with Crippen molar-refractivity contribution >= 4 is 22.8 Å². The molecule has 0 radical (unpaired) electrons. The number of carbonyl (C=O) groups is 1. The number of carbonyl (C=O) groups excluding carboxylic acids is 1. The summed E-state index contributed by atoms with van der Waals surface area (Å²) in [6, 6.07) is 11.3. The van der Waals surface area contributed by atoms with E-state index in [-0.39, 0.29) is 12.0 Å². The number of aromatic amines is 1. The van der Waals surface area contributed by atoms with Crippen LogP contribution < -0.4 is 5.32 Å². The fraction of sp³-hybridized carbons (Fsp3) is 0.316. The van der Waals surface area contributed by atoms with Crippen molar-refractivity contribution in [2.75, 3.05) is 32.1 Å². The third-order valence-electron chi connectivity index (χ3n) is 4.56. The van der Waals surface area contributed by atoms with Crippen LogP contribution in [0.1, 0.15) is 28.0 Å². The number of pyridine rings is 1. The lowest BCUT2D eigenvalue weighted by Gasteiger charge is -2.32. The summed E-state index contributed by atoms with van der Waals surface area (Å²) in [5.41, 5.74) is 3.22. The van der Waals surface area contributed by atoms with Crippen LogP contribution in [0.15, 0.2) is 36.4 Å². The molecule has 3 aromatic rings. The molecule has 1 saturated heterocycles. The van der Waals surface area contributed by atoms with Gasteiger partial charge in [-0.25, -0.2) is 9.97 Å². The van der Waals surface area contributed by atoms with Crippen molar-refractivity contribution in [3.63, 3.8) is 0 Å². The zero-order chi connectivity index (χ0) is 18.1. The number of rotatable bonds is 3. The first-order chi connectivity index (χ1) is 12.6. The molecule has 3 heterocycles. The Labute approximate surface area is 151 Å². The van der Waals surface area contributed by atoms with E-state index in [0.29, 0.717) is 25.3 Å². The first-order valence-corrected chi connectivity index (χ1v) is 8.66. The van der Waals surface area contributed by atoms with Gasteiger partial charge in [0.15, 0.2) is 0 Å². The van der Waals surface area contributed by atoms with E-state index in [1.54, 1.807) is 0 Å². The molecule has 26 heavy (non-hydrogen) atoms. The summed E-state index contributed by atoms with van der Waals surface area (Å²) in [5, 5.41) is 3.03. The molecule has 2 N–H and O–H groups in total. The Morgan fingerprint density at radius 1 is 1.31 bits per heavy atom. The number of morpholine rings is 1. The van der Waals surface area contributed by atoms with E-state index in [2.05, 4.69) is 20.3 Å². The van der Waals surface area contributed by atoms with Crippen molar-refractivity contribution in [2.24, 2.45) is 0 Å². The van der Waals surface area contributed by atoms with E-state index in [9.17, 15) is 4.79 Å². The van der Waals surface area contributed by atoms with Crippen LogP contribution in [0, 0.1) is 6.92 Å². The van der Waals surface area contributed by atoms with Gasteiger partial charge < -0.3 is 19.9 Å². The number of aryl methyl sites for hydroxylation is 1. The van der Waals surface area contributed by atoms with Crippen LogP contribution >= 0.6 is 0 Å². The van der Waals surface area contributed by atoms with Crippen LogP contribution in [0.4, 0.5) is 5.82 Å². The molecule has 0 bridgehead atoms. The first kappa shape index (κ1) is 16.5. The molecule has 1 aromatic carbocycles. The number of H-pyrrole nitrogens is 1. The Morgan fingerprint density at radius 3 is 3.04 bits per heavy atom. The lowest BCUT2D eigenvalue weighted by atomic mass is 10.1. The quantitative estimate of drug-likeness (QED) is 0.758. The van der Waals surface area contributed by atoms with Crippen molar-refractivity contribution in [3.05, 3.63) is 53.5 Å². The van der Waals surface area contributed by atoms with Crippen LogP contribution in [-0.2, 0) is 4.74 Å². The van der Waals surface area contributed by atoms with Crippen molar-refractivity contribution < 1.29 is 9.53 Å². The molecule has 4 rings (SSSR count). The van der Waals surface area contributed by atoms with Gasteiger partial charge in [-0.3, -0.25) is 4.79 Å². The smallest absolute Gasteiger partial charge is 0.254 e. The van der Waals surface area contributed by atoms with E-state index in [0.717, 1.165) is 28.4 Å². The monoisotopic (exact) mass is 351 g/mol. The molecule has 1 atom stereocenters. The number of amides is 1. The molecule has 1 fully saturated rings.